The molecular formula is C20H30O5. The van der Waals surface area contributed by atoms with Crippen LogP contribution in [0, 0.1) is 35.5 Å². The van der Waals surface area contributed by atoms with Crippen LogP contribution in [0.1, 0.15) is 58.3 Å². The summed E-state index contributed by atoms with van der Waals surface area (Å²) in [6.07, 6.45) is 7.45. The number of fused-ring (bicyclic) bond motifs is 1. The molecule has 0 spiro atoms. The first-order valence-electron chi connectivity index (χ1n) is 9.80. The van der Waals surface area contributed by atoms with Gasteiger partial charge in [0.25, 0.3) is 0 Å². The molecule has 25 heavy (non-hydrogen) atoms. The number of hydrogen-bond acceptors (Lipinski definition) is 5. The van der Waals surface area contributed by atoms with Gasteiger partial charge in [0, 0.05) is 18.3 Å². The van der Waals surface area contributed by atoms with Gasteiger partial charge in [0.05, 0.1) is 12.5 Å². The SMILES string of the molecule is C[C@H]1CCC2CC(C=O)CC(C=O)C2[C@H]1CCC1C[C@@H](O)CC(=O)O1. The van der Waals surface area contributed by atoms with E-state index in [0.717, 1.165) is 44.7 Å². The van der Waals surface area contributed by atoms with Gasteiger partial charge in [-0.25, -0.2) is 0 Å². The molecule has 1 heterocycles. The van der Waals surface area contributed by atoms with Crippen molar-refractivity contribution in [3.05, 3.63) is 0 Å². The number of cyclic esters (lactones) is 1. The fourth-order valence-electron chi connectivity index (χ4n) is 5.70. The Kier molecular flexibility index (Phi) is 5.92. The Labute approximate surface area is 149 Å². The molecule has 5 heteroatoms. The Morgan fingerprint density at radius 1 is 1.12 bits per heavy atom. The maximum absolute atomic E-state index is 11.7. The van der Waals surface area contributed by atoms with Gasteiger partial charge in [-0.05, 0) is 55.8 Å². The van der Waals surface area contributed by atoms with E-state index in [0.29, 0.717) is 36.5 Å². The monoisotopic (exact) mass is 350 g/mol. The van der Waals surface area contributed by atoms with Gasteiger partial charge in [-0.1, -0.05) is 13.3 Å². The summed E-state index contributed by atoms with van der Waals surface area (Å²) in [5.41, 5.74) is 0. The Hall–Kier alpha value is -1.23. The van der Waals surface area contributed by atoms with Crippen LogP contribution in [-0.2, 0) is 19.1 Å². The first-order valence-corrected chi connectivity index (χ1v) is 9.80. The van der Waals surface area contributed by atoms with Crippen LogP contribution in [0.5, 0.6) is 0 Å². The smallest absolute Gasteiger partial charge is 0.308 e. The van der Waals surface area contributed by atoms with Crippen LogP contribution in [0.3, 0.4) is 0 Å². The van der Waals surface area contributed by atoms with Crippen molar-refractivity contribution in [1.29, 1.82) is 0 Å². The Morgan fingerprint density at radius 3 is 2.60 bits per heavy atom. The van der Waals surface area contributed by atoms with E-state index in [1.165, 1.54) is 0 Å². The third kappa shape index (κ3) is 4.13. The minimum Gasteiger partial charge on any atom is -0.462 e. The van der Waals surface area contributed by atoms with Gasteiger partial charge in [0.15, 0.2) is 0 Å². The van der Waals surface area contributed by atoms with E-state index in [-0.39, 0.29) is 30.3 Å². The second-order valence-electron chi connectivity index (χ2n) is 8.51. The van der Waals surface area contributed by atoms with E-state index < -0.39 is 6.10 Å². The average molecular weight is 350 g/mol. The number of aliphatic hydroxyl groups is 1. The summed E-state index contributed by atoms with van der Waals surface area (Å²) < 4.78 is 5.39. The normalized spacial score (nSPS) is 44.5. The van der Waals surface area contributed by atoms with Gasteiger partial charge >= 0.3 is 5.97 Å². The number of rotatable bonds is 5. The molecule has 0 radical (unpaired) electrons. The van der Waals surface area contributed by atoms with Crippen molar-refractivity contribution in [2.75, 3.05) is 0 Å². The molecule has 0 aromatic heterocycles. The lowest BCUT2D eigenvalue weighted by atomic mass is 9.55. The zero-order chi connectivity index (χ0) is 18.0. The largest absolute Gasteiger partial charge is 0.462 e. The van der Waals surface area contributed by atoms with Crippen molar-refractivity contribution in [3.8, 4) is 0 Å². The standard InChI is InChI=1S/C20H30O5/c1-12-2-3-14-6-13(10-21)7-15(11-22)20(14)18(12)5-4-17-8-16(23)9-19(24)25-17/h10-18,20,23H,2-9H2,1H3/t12-,13?,14?,15?,16+,17?,18-,20?/m0/s1. The number of carbonyl (C=O) groups excluding carboxylic acids is 3. The number of carbonyl (C=O) groups is 3. The van der Waals surface area contributed by atoms with Crippen LogP contribution in [0.15, 0.2) is 0 Å². The molecule has 5 nitrogen and oxygen atoms in total. The predicted molar refractivity (Wildman–Crippen MR) is 91.6 cm³/mol. The Balaban J connectivity index is 1.67. The van der Waals surface area contributed by atoms with Crippen LogP contribution in [0.2, 0.25) is 0 Å². The van der Waals surface area contributed by atoms with E-state index in [1.807, 2.05) is 0 Å². The van der Waals surface area contributed by atoms with Gasteiger partial charge in [0.1, 0.15) is 18.7 Å². The summed E-state index contributed by atoms with van der Waals surface area (Å²) in [5, 5.41) is 9.78. The fraction of sp³-hybridized carbons (Fsp3) is 0.850. The molecule has 2 aliphatic carbocycles. The Morgan fingerprint density at radius 2 is 1.92 bits per heavy atom. The minimum atomic E-state index is -0.589. The van der Waals surface area contributed by atoms with E-state index in [9.17, 15) is 19.5 Å². The number of aldehydes is 2. The lowest BCUT2D eigenvalue weighted by Crippen LogP contribution is -2.44. The molecule has 0 amide bonds. The molecule has 1 saturated heterocycles. The topological polar surface area (TPSA) is 80.7 Å². The van der Waals surface area contributed by atoms with Gasteiger partial charge in [-0.3, -0.25) is 4.79 Å². The first-order chi connectivity index (χ1) is 12.0. The fourth-order valence-corrected chi connectivity index (χ4v) is 5.70. The Bertz CT molecular complexity index is 504. The van der Waals surface area contributed by atoms with Crippen LogP contribution in [0.25, 0.3) is 0 Å². The van der Waals surface area contributed by atoms with Gasteiger partial charge in [-0.2, -0.15) is 0 Å². The van der Waals surface area contributed by atoms with Crippen LogP contribution < -0.4 is 0 Å². The van der Waals surface area contributed by atoms with E-state index in [4.69, 9.17) is 4.74 Å². The highest BCUT2D eigenvalue weighted by Gasteiger charge is 2.46. The quantitative estimate of drug-likeness (QED) is 0.609. The summed E-state index contributed by atoms with van der Waals surface area (Å²) in [6.45, 7) is 2.26. The van der Waals surface area contributed by atoms with Crippen molar-refractivity contribution < 1.29 is 24.2 Å². The molecule has 3 fully saturated rings. The zero-order valence-electron chi connectivity index (χ0n) is 15.0. The lowest BCUT2D eigenvalue weighted by molar-refractivity contribution is -0.160. The van der Waals surface area contributed by atoms with Crippen molar-refractivity contribution >= 4 is 18.5 Å². The van der Waals surface area contributed by atoms with E-state index in [2.05, 4.69) is 6.92 Å². The number of aliphatic hydroxyl groups excluding tert-OH is 1. The molecule has 2 saturated carbocycles. The molecule has 3 aliphatic rings. The second-order valence-corrected chi connectivity index (χ2v) is 8.51. The molecule has 3 rings (SSSR count). The number of hydrogen-bond donors (Lipinski definition) is 1. The van der Waals surface area contributed by atoms with Crippen LogP contribution >= 0.6 is 0 Å². The van der Waals surface area contributed by atoms with Crippen LogP contribution in [-0.4, -0.2) is 35.9 Å². The molecule has 0 bridgehead atoms. The van der Waals surface area contributed by atoms with E-state index >= 15 is 0 Å². The van der Waals surface area contributed by atoms with Crippen molar-refractivity contribution in [3.63, 3.8) is 0 Å². The number of esters is 1. The van der Waals surface area contributed by atoms with Crippen molar-refractivity contribution in [1.82, 2.24) is 0 Å². The van der Waals surface area contributed by atoms with Gasteiger partial charge < -0.3 is 19.4 Å². The second kappa shape index (κ2) is 7.98. The molecule has 0 aromatic carbocycles. The minimum absolute atomic E-state index is 0.0267. The molecule has 1 N–H and O–H groups in total. The summed E-state index contributed by atoms with van der Waals surface area (Å²) in [7, 11) is 0. The molecule has 1 aliphatic heterocycles. The summed E-state index contributed by atoms with van der Waals surface area (Å²) in [6, 6.07) is 0. The van der Waals surface area contributed by atoms with Crippen molar-refractivity contribution in [2.45, 2.75) is 70.5 Å². The van der Waals surface area contributed by atoms with E-state index in [1.54, 1.807) is 0 Å². The molecule has 140 valence electrons. The highest BCUT2D eigenvalue weighted by molar-refractivity contribution is 5.70. The first kappa shape index (κ1) is 18.6. The van der Waals surface area contributed by atoms with Crippen molar-refractivity contribution in [2.24, 2.45) is 35.5 Å². The summed E-state index contributed by atoms with van der Waals surface area (Å²) in [4.78, 5) is 34.5. The third-order valence-electron chi connectivity index (χ3n) is 6.86. The molecular weight excluding hydrogens is 320 g/mol. The van der Waals surface area contributed by atoms with Gasteiger partial charge in [-0.15, -0.1) is 0 Å². The summed E-state index contributed by atoms with van der Waals surface area (Å²) in [5.74, 6) is 1.47. The molecule has 5 unspecified atom stereocenters. The van der Waals surface area contributed by atoms with Gasteiger partial charge in [0.2, 0.25) is 0 Å². The zero-order valence-corrected chi connectivity index (χ0v) is 15.0. The molecule has 8 atom stereocenters. The summed E-state index contributed by atoms with van der Waals surface area (Å²) >= 11 is 0. The highest BCUT2D eigenvalue weighted by Crippen LogP contribution is 2.51. The predicted octanol–water partition coefficient (Wildman–Crippen LogP) is 2.54. The molecule has 0 aromatic rings. The lowest BCUT2D eigenvalue weighted by Gasteiger charge is -2.49. The highest BCUT2D eigenvalue weighted by atomic mass is 16.5. The maximum Gasteiger partial charge on any atom is 0.308 e. The third-order valence-corrected chi connectivity index (χ3v) is 6.86. The van der Waals surface area contributed by atoms with Crippen LogP contribution in [0.4, 0.5) is 0 Å². The maximum atomic E-state index is 11.7. The number of ether oxygens (including phenoxy) is 1. The average Bonchev–Trinajstić information content (AvgIpc) is 2.59.